The molecule has 216 valence electrons. The van der Waals surface area contributed by atoms with Gasteiger partial charge >= 0.3 is 23.9 Å². The summed E-state index contributed by atoms with van der Waals surface area (Å²) in [5.74, 6) is -8.12. The number of H-pyrrole nitrogens is 2. The summed E-state index contributed by atoms with van der Waals surface area (Å²) < 4.78 is 0. The Balaban J connectivity index is -0.000000428. The van der Waals surface area contributed by atoms with Crippen LogP contribution in [0.25, 0.3) is 0 Å². The quantitative estimate of drug-likeness (QED) is 0.300. The van der Waals surface area contributed by atoms with Crippen molar-refractivity contribution in [2.24, 2.45) is 0 Å². The summed E-state index contributed by atoms with van der Waals surface area (Å²) in [6, 6.07) is 4.13. The Hall–Kier alpha value is -5.66. The highest BCUT2D eigenvalue weighted by atomic mass is 16.4. The third-order valence-electron chi connectivity index (χ3n) is 3.80. The normalized spacial score (nSPS) is 9.40. The SMILES string of the molecule is Cc1cc[nH+]cc1C.Cc1cc[nH+]cc1C.O=C(O)/C=C/C(=O)O.O=C(O)/C=C/C(=O)O.O=C([O-])/C=C/C(=O)[O-]. The van der Waals surface area contributed by atoms with E-state index in [9.17, 15) is 39.0 Å². The molecule has 0 radical (unpaired) electrons. The summed E-state index contributed by atoms with van der Waals surface area (Å²) >= 11 is 0. The zero-order chi connectivity index (χ0) is 31.7. The van der Waals surface area contributed by atoms with Crippen LogP contribution in [0, 0.1) is 27.7 Å². The Labute approximate surface area is 228 Å². The minimum atomic E-state index is -1.55. The van der Waals surface area contributed by atoms with Crippen LogP contribution in [0.5, 0.6) is 0 Å². The zero-order valence-electron chi connectivity index (χ0n) is 22.0. The summed E-state index contributed by atoms with van der Waals surface area (Å²) in [4.78, 5) is 63.0. The van der Waals surface area contributed by atoms with Crippen LogP contribution in [0.1, 0.15) is 22.3 Å². The number of aromatic nitrogens is 2. The highest BCUT2D eigenvalue weighted by molar-refractivity contribution is 5.90. The molecular formula is C26H30N2O12. The molecule has 0 aromatic carbocycles. The lowest BCUT2D eigenvalue weighted by Crippen LogP contribution is -2.23. The van der Waals surface area contributed by atoms with E-state index in [4.69, 9.17) is 20.4 Å². The molecule has 2 aromatic heterocycles. The van der Waals surface area contributed by atoms with Gasteiger partial charge in [-0.2, -0.15) is 0 Å². The fraction of sp³-hybridized carbons (Fsp3) is 0.154. The van der Waals surface area contributed by atoms with Gasteiger partial charge in [-0.1, -0.05) is 0 Å². The summed E-state index contributed by atoms with van der Waals surface area (Å²) in [6.45, 7) is 8.38. The van der Waals surface area contributed by atoms with E-state index in [2.05, 4.69) is 49.8 Å². The molecule has 14 heteroatoms. The molecule has 2 aromatic rings. The molecule has 0 fully saturated rings. The van der Waals surface area contributed by atoms with E-state index in [1.807, 2.05) is 24.8 Å². The molecule has 0 bridgehead atoms. The highest BCUT2D eigenvalue weighted by Gasteiger charge is 1.91. The van der Waals surface area contributed by atoms with E-state index in [1.54, 1.807) is 0 Å². The van der Waals surface area contributed by atoms with Crippen molar-refractivity contribution in [3.05, 3.63) is 95.6 Å². The number of aromatic amines is 2. The Morgan fingerprint density at radius 2 is 0.775 bits per heavy atom. The number of carboxylic acids is 6. The predicted molar refractivity (Wildman–Crippen MR) is 133 cm³/mol. The summed E-state index contributed by atoms with van der Waals surface area (Å²) in [5.41, 5.74) is 5.30. The zero-order valence-corrected chi connectivity index (χ0v) is 22.0. The highest BCUT2D eigenvalue weighted by Crippen LogP contribution is 1.98. The lowest BCUT2D eigenvalue weighted by Gasteiger charge is -1.90. The van der Waals surface area contributed by atoms with E-state index in [-0.39, 0.29) is 0 Å². The summed E-state index contributed by atoms with van der Waals surface area (Å²) in [5, 5.41) is 50.1. The van der Waals surface area contributed by atoms with Crippen LogP contribution in [0.4, 0.5) is 0 Å². The molecule has 2 rings (SSSR count). The van der Waals surface area contributed by atoms with E-state index in [1.165, 1.54) is 22.3 Å². The van der Waals surface area contributed by atoms with Gasteiger partial charge in [-0.25, -0.2) is 29.1 Å². The molecule has 0 aliphatic carbocycles. The Morgan fingerprint density at radius 3 is 0.900 bits per heavy atom. The van der Waals surface area contributed by atoms with E-state index < -0.39 is 35.8 Å². The van der Waals surface area contributed by atoms with Crippen molar-refractivity contribution in [2.45, 2.75) is 27.7 Å². The second-order valence-corrected chi connectivity index (χ2v) is 7.01. The number of pyridine rings is 2. The van der Waals surface area contributed by atoms with Crippen LogP contribution in [0.3, 0.4) is 0 Å². The van der Waals surface area contributed by atoms with Crippen LogP contribution in [0.15, 0.2) is 73.4 Å². The lowest BCUT2D eigenvalue weighted by atomic mass is 10.2. The number of hydrogen-bond donors (Lipinski definition) is 4. The number of hydrogen-bond acceptors (Lipinski definition) is 8. The van der Waals surface area contributed by atoms with Gasteiger partial charge in [0.1, 0.15) is 0 Å². The first kappa shape index (κ1) is 38.9. The van der Waals surface area contributed by atoms with Crippen molar-refractivity contribution in [3.63, 3.8) is 0 Å². The molecule has 40 heavy (non-hydrogen) atoms. The lowest BCUT2D eigenvalue weighted by molar-refractivity contribution is -0.379. The van der Waals surface area contributed by atoms with Gasteiger partial charge in [0, 0.05) is 47.6 Å². The maximum atomic E-state index is 9.55. The predicted octanol–water partition coefficient (Wildman–Crippen LogP) is -1.30. The van der Waals surface area contributed by atoms with E-state index >= 15 is 0 Å². The van der Waals surface area contributed by atoms with Crippen LogP contribution in [0.2, 0.25) is 0 Å². The average Bonchev–Trinajstić information content (AvgIpc) is 2.85. The van der Waals surface area contributed by atoms with Gasteiger partial charge in [-0.05, 0) is 51.0 Å². The number of carbonyl (C=O) groups is 6. The molecule has 0 saturated heterocycles. The third kappa shape index (κ3) is 32.3. The first-order valence-electron chi connectivity index (χ1n) is 10.7. The molecule has 2 heterocycles. The molecule has 0 aliphatic rings. The van der Waals surface area contributed by atoms with Gasteiger partial charge < -0.3 is 40.2 Å². The maximum Gasteiger partial charge on any atom is 0.328 e. The molecule has 0 unspecified atom stereocenters. The molecule has 0 spiro atoms. The second-order valence-electron chi connectivity index (χ2n) is 7.01. The largest absolute Gasteiger partial charge is 0.545 e. The standard InChI is InChI=1S/2C7H9N.3C4H4O4/c2*1-6-3-4-8-5-7(6)2;3*5-3(6)1-2-4(7)8/h2*3-5H,1-2H3;3*1-2H,(H,5,6)(H,7,8)/b;;3*2-1+. The van der Waals surface area contributed by atoms with E-state index in [0.717, 1.165) is 0 Å². The topological polar surface area (TPSA) is 258 Å². The van der Waals surface area contributed by atoms with Crippen molar-refractivity contribution in [3.8, 4) is 0 Å². The first-order chi connectivity index (χ1) is 18.5. The monoisotopic (exact) mass is 562 g/mol. The molecule has 6 N–H and O–H groups in total. The number of aryl methyl sites for hydroxylation is 4. The number of aliphatic carboxylic acids is 6. The maximum absolute atomic E-state index is 9.55. The van der Waals surface area contributed by atoms with Crippen molar-refractivity contribution in [2.75, 3.05) is 0 Å². The number of carboxylic acid groups (broad SMARTS) is 6. The summed E-state index contributed by atoms with van der Waals surface area (Å²) in [7, 11) is 0. The van der Waals surface area contributed by atoms with Crippen molar-refractivity contribution < 1.29 is 69.4 Å². The Bertz CT molecular complexity index is 1000. The Morgan fingerprint density at radius 1 is 0.525 bits per heavy atom. The fourth-order valence-corrected chi connectivity index (χ4v) is 1.60. The molecular weight excluding hydrogens is 532 g/mol. The Kier molecular flexibility index (Phi) is 23.0. The molecule has 0 aliphatic heterocycles. The smallest absolute Gasteiger partial charge is 0.328 e. The van der Waals surface area contributed by atoms with Crippen molar-refractivity contribution in [1.29, 1.82) is 0 Å². The van der Waals surface area contributed by atoms with Gasteiger partial charge in [-0.3, -0.25) is 0 Å². The van der Waals surface area contributed by atoms with Gasteiger partial charge in [0.2, 0.25) is 0 Å². The number of carbonyl (C=O) groups excluding carboxylic acids is 2. The molecule has 0 saturated carbocycles. The van der Waals surface area contributed by atoms with Gasteiger partial charge in [0.05, 0.1) is 11.9 Å². The van der Waals surface area contributed by atoms with Gasteiger partial charge in [0.15, 0.2) is 24.8 Å². The third-order valence-corrected chi connectivity index (χ3v) is 3.80. The average molecular weight is 563 g/mol. The molecule has 14 nitrogen and oxygen atoms in total. The van der Waals surface area contributed by atoms with E-state index in [0.29, 0.717) is 36.5 Å². The van der Waals surface area contributed by atoms with Crippen LogP contribution in [-0.4, -0.2) is 56.2 Å². The fourth-order valence-electron chi connectivity index (χ4n) is 1.60. The van der Waals surface area contributed by atoms with Crippen molar-refractivity contribution >= 4 is 35.8 Å². The number of rotatable bonds is 6. The van der Waals surface area contributed by atoms with Crippen LogP contribution < -0.4 is 20.2 Å². The van der Waals surface area contributed by atoms with Crippen molar-refractivity contribution in [1.82, 2.24) is 0 Å². The second kappa shape index (κ2) is 23.7. The minimum absolute atomic E-state index is 0.384. The summed E-state index contributed by atoms with van der Waals surface area (Å²) in [6.07, 6.45) is 10.9. The van der Waals surface area contributed by atoms with Gasteiger partial charge in [0.25, 0.3) is 0 Å². The number of nitrogens with one attached hydrogen (secondary N) is 2. The van der Waals surface area contributed by atoms with Crippen LogP contribution >= 0.6 is 0 Å². The molecule has 0 atom stereocenters. The molecule has 0 amide bonds. The van der Waals surface area contributed by atoms with Gasteiger partial charge in [-0.15, -0.1) is 0 Å². The minimum Gasteiger partial charge on any atom is -0.545 e. The first-order valence-corrected chi connectivity index (χ1v) is 10.7. The van der Waals surface area contributed by atoms with Crippen LogP contribution in [-0.2, 0) is 28.8 Å².